The molecule has 0 saturated heterocycles. The Hall–Kier alpha value is -1.75. The van der Waals surface area contributed by atoms with Crippen molar-refractivity contribution in [2.45, 2.75) is 51.5 Å². The lowest BCUT2D eigenvalue weighted by Crippen LogP contribution is -2.43. The number of carbonyl (C=O) groups is 2. The predicted octanol–water partition coefficient (Wildman–Crippen LogP) is 3.86. The van der Waals surface area contributed by atoms with Crippen LogP contribution in [0.2, 0.25) is 5.02 Å². The largest absolute Gasteiger partial charge is 0.495 e. The molecule has 5 nitrogen and oxygen atoms in total. The van der Waals surface area contributed by atoms with Crippen molar-refractivity contribution in [3.8, 4) is 5.75 Å². The van der Waals surface area contributed by atoms with Crippen LogP contribution in [0.15, 0.2) is 18.2 Å². The first kappa shape index (κ1) is 18.6. The van der Waals surface area contributed by atoms with Crippen molar-refractivity contribution in [1.82, 2.24) is 4.90 Å². The van der Waals surface area contributed by atoms with E-state index < -0.39 is 0 Å². The van der Waals surface area contributed by atoms with Gasteiger partial charge in [0.1, 0.15) is 12.3 Å². The van der Waals surface area contributed by atoms with Crippen LogP contribution in [0.4, 0.5) is 5.69 Å². The second-order valence-corrected chi connectivity index (χ2v) is 6.60. The van der Waals surface area contributed by atoms with Crippen LogP contribution in [0.1, 0.15) is 45.4 Å². The molecular formula is C18H25ClN2O3. The summed E-state index contributed by atoms with van der Waals surface area (Å²) in [6.07, 6.45) is 6.59. The summed E-state index contributed by atoms with van der Waals surface area (Å²) in [5.41, 5.74) is 0.593. The first-order chi connectivity index (χ1) is 11.5. The molecule has 24 heavy (non-hydrogen) atoms. The molecule has 0 heterocycles. The summed E-state index contributed by atoms with van der Waals surface area (Å²) in [6.45, 7) is 1.60. The molecule has 1 saturated carbocycles. The van der Waals surface area contributed by atoms with Gasteiger partial charge in [0.05, 0.1) is 12.1 Å². The van der Waals surface area contributed by atoms with Crippen molar-refractivity contribution < 1.29 is 14.3 Å². The highest BCUT2D eigenvalue weighted by Gasteiger charge is 2.24. The maximum atomic E-state index is 12.3. The van der Waals surface area contributed by atoms with E-state index in [-0.39, 0.29) is 24.4 Å². The third-order valence-corrected chi connectivity index (χ3v) is 4.71. The Balaban J connectivity index is 1.99. The Kier molecular flexibility index (Phi) is 6.91. The van der Waals surface area contributed by atoms with E-state index in [4.69, 9.17) is 16.3 Å². The molecule has 2 amide bonds. The van der Waals surface area contributed by atoms with Gasteiger partial charge in [-0.05, 0) is 31.0 Å². The highest BCUT2D eigenvalue weighted by atomic mass is 35.5. The van der Waals surface area contributed by atoms with E-state index in [9.17, 15) is 9.59 Å². The average Bonchev–Trinajstić information content (AvgIpc) is 2.81. The van der Waals surface area contributed by atoms with E-state index in [0.717, 1.165) is 25.7 Å². The molecule has 2 rings (SSSR count). The molecule has 1 aliphatic rings. The van der Waals surface area contributed by atoms with Gasteiger partial charge in [0.15, 0.2) is 0 Å². The van der Waals surface area contributed by atoms with Gasteiger partial charge < -0.3 is 15.0 Å². The number of benzene rings is 1. The molecule has 0 aliphatic heterocycles. The lowest BCUT2D eigenvalue weighted by Gasteiger charge is -2.29. The van der Waals surface area contributed by atoms with Crippen molar-refractivity contribution in [2.75, 3.05) is 19.0 Å². The van der Waals surface area contributed by atoms with Gasteiger partial charge in [-0.2, -0.15) is 0 Å². The molecule has 0 atom stereocenters. The highest BCUT2D eigenvalue weighted by molar-refractivity contribution is 6.32. The third-order valence-electron chi connectivity index (χ3n) is 4.42. The Bertz CT molecular complexity index is 584. The number of nitrogens with zero attached hydrogens (tertiary/aromatic N) is 1. The van der Waals surface area contributed by atoms with Crippen LogP contribution in [-0.2, 0) is 9.59 Å². The average molecular weight is 353 g/mol. The Morgan fingerprint density at radius 1 is 1.25 bits per heavy atom. The molecule has 0 radical (unpaired) electrons. The van der Waals surface area contributed by atoms with E-state index in [1.54, 1.807) is 23.1 Å². The van der Waals surface area contributed by atoms with Crippen molar-refractivity contribution in [1.29, 1.82) is 0 Å². The van der Waals surface area contributed by atoms with Gasteiger partial charge in [0.25, 0.3) is 0 Å². The summed E-state index contributed by atoms with van der Waals surface area (Å²) in [5.74, 6) is 0.291. The number of nitrogens with one attached hydrogen (secondary N) is 1. The SMILES string of the molecule is COc1ccc(NC(=O)CN(C(C)=O)C2CCCCCC2)cc1Cl. The fraction of sp³-hybridized carbons (Fsp3) is 0.556. The van der Waals surface area contributed by atoms with Crippen molar-refractivity contribution in [2.24, 2.45) is 0 Å². The predicted molar refractivity (Wildman–Crippen MR) is 95.5 cm³/mol. The summed E-state index contributed by atoms with van der Waals surface area (Å²) in [7, 11) is 1.54. The minimum atomic E-state index is -0.212. The molecule has 0 bridgehead atoms. The van der Waals surface area contributed by atoms with Crippen LogP contribution in [0.5, 0.6) is 5.75 Å². The number of ether oxygens (including phenoxy) is 1. The topological polar surface area (TPSA) is 58.6 Å². The monoisotopic (exact) mass is 352 g/mol. The maximum absolute atomic E-state index is 12.3. The number of hydrogen-bond donors (Lipinski definition) is 1. The standard InChI is InChI=1S/C18H25ClN2O3/c1-13(22)21(15-7-5-3-4-6-8-15)12-18(23)20-14-9-10-17(24-2)16(19)11-14/h9-11,15H,3-8,12H2,1-2H3,(H,20,23). The lowest BCUT2D eigenvalue weighted by atomic mass is 10.1. The van der Waals surface area contributed by atoms with Crippen LogP contribution in [0, 0.1) is 0 Å². The molecule has 1 fully saturated rings. The molecule has 1 aromatic carbocycles. The number of carbonyl (C=O) groups excluding carboxylic acids is 2. The second-order valence-electron chi connectivity index (χ2n) is 6.19. The number of rotatable bonds is 5. The minimum Gasteiger partial charge on any atom is -0.495 e. The number of anilines is 1. The third kappa shape index (κ3) is 5.13. The van der Waals surface area contributed by atoms with E-state index in [2.05, 4.69) is 5.32 Å². The first-order valence-corrected chi connectivity index (χ1v) is 8.79. The molecule has 1 N–H and O–H groups in total. The maximum Gasteiger partial charge on any atom is 0.244 e. The molecule has 0 unspecified atom stereocenters. The zero-order valence-electron chi connectivity index (χ0n) is 14.3. The zero-order valence-corrected chi connectivity index (χ0v) is 15.1. The van der Waals surface area contributed by atoms with Gasteiger partial charge in [-0.3, -0.25) is 9.59 Å². The van der Waals surface area contributed by atoms with Crippen LogP contribution < -0.4 is 10.1 Å². The van der Waals surface area contributed by atoms with Gasteiger partial charge in [0.2, 0.25) is 11.8 Å². The summed E-state index contributed by atoms with van der Waals surface area (Å²) in [6, 6.07) is 5.23. The van der Waals surface area contributed by atoms with Crippen LogP contribution in [0.3, 0.4) is 0 Å². The zero-order chi connectivity index (χ0) is 17.5. The molecule has 1 aromatic rings. The van der Waals surface area contributed by atoms with Gasteiger partial charge >= 0.3 is 0 Å². The Morgan fingerprint density at radius 2 is 1.92 bits per heavy atom. The smallest absolute Gasteiger partial charge is 0.244 e. The molecule has 6 heteroatoms. The minimum absolute atomic E-state index is 0.0511. The van der Waals surface area contributed by atoms with Gasteiger partial charge in [-0.1, -0.05) is 37.3 Å². The van der Waals surface area contributed by atoms with Crippen LogP contribution in [0.25, 0.3) is 0 Å². The number of methoxy groups -OCH3 is 1. The van der Waals surface area contributed by atoms with Gasteiger partial charge in [0, 0.05) is 18.7 Å². The number of hydrogen-bond acceptors (Lipinski definition) is 3. The van der Waals surface area contributed by atoms with Crippen molar-refractivity contribution in [3.05, 3.63) is 23.2 Å². The fourth-order valence-electron chi connectivity index (χ4n) is 3.17. The highest BCUT2D eigenvalue weighted by Crippen LogP contribution is 2.27. The Morgan fingerprint density at radius 3 is 2.46 bits per heavy atom. The van der Waals surface area contributed by atoms with Gasteiger partial charge in [-0.15, -0.1) is 0 Å². The second kappa shape index (κ2) is 8.92. The number of halogens is 1. The molecule has 0 aromatic heterocycles. The lowest BCUT2D eigenvalue weighted by molar-refractivity contribution is -0.135. The summed E-state index contributed by atoms with van der Waals surface area (Å²) in [4.78, 5) is 26.0. The quantitative estimate of drug-likeness (QED) is 0.818. The van der Waals surface area contributed by atoms with E-state index in [0.29, 0.717) is 16.5 Å². The van der Waals surface area contributed by atoms with Crippen LogP contribution >= 0.6 is 11.6 Å². The number of amides is 2. The van der Waals surface area contributed by atoms with E-state index in [1.165, 1.54) is 26.9 Å². The van der Waals surface area contributed by atoms with E-state index >= 15 is 0 Å². The molecular weight excluding hydrogens is 328 g/mol. The van der Waals surface area contributed by atoms with Crippen LogP contribution in [-0.4, -0.2) is 36.4 Å². The van der Waals surface area contributed by atoms with E-state index in [1.807, 2.05) is 0 Å². The van der Waals surface area contributed by atoms with Crippen molar-refractivity contribution in [3.63, 3.8) is 0 Å². The molecule has 0 spiro atoms. The van der Waals surface area contributed by atoms with Gasteiger partial charge in [-0.25, -0.2) is 0 Å². The molecule has 132 valence electrons. The summed E-state index contributed by atoms with van der Waals surface area (Å²) < 4.78 is 5.09. The normalized spacial score (nSPS) is 15.5. The first-order valence-electron chi connectivity index (χ1n) is 8.42. The fourth-order valence-corrected chi connectivity index (χ4v) is 3.42. The molecule has 1 aliphatic carbocycles. The summed E-state index contributed by atoms with van der Waals surface area (Å²) in [5, 5.41) is 3.23. The Labute approximate surface area is 148 Å². The van der Waals surface area contributed by atoms with Crippen molar-refractivity contribution >= 4 is 29.1 Å². The summed E-state index contributed by atoms with van der Waals surface area (Å²) >= 11 is 6.07.